The van der Waals surface area contributed by atoms with E-state index in [9.17, 15) is 4.79 Å². The molecule has 0 fully saturated rings. The molecule has 0 amide bonds. The lowest BCUT2D eigenvalue weighted by Gasteiger charge is -2.29. The van der Waals surface area contributed by atoms with Gasteiger partial charge in [-0.2, -0.15) is 0 Å². The molecule has 1 aromatic carbocycles. The van der Waals surface area contributed by atoms with Crippen molar-refractivity contribution in [2.45, 2.75) is 40.5 Å². The zero-order chi connectivity index (χ0) is 15.8. The Bertz CT molecular complexity index is 490. The minimum absolute atomic E-state index is 0.669. The first kappa shape index (κ1) is 17.3. The predicted molar refractivity (Wildman–Crippen MR) is 89.8 cm³/mol. The summed E-state index contributed by atoms with van der Waals surface area (Å²) in [5, 5.41) is 8.85. The van der Waals surface area contributed by atoms with Crippen LogP contribution in [0.3, 0.4) is 0 Å². The Morgan fingerprint density at radius 3 is 2.48 bits per heavy atom. The number of carboxylic acid groups (broad SMARTS) is 1. The Hall–Kier alpha value is -1.77. The second kappa shape index (κ2) is 8.50. The summed E-state index contributed by atoms with van der Waals surface area (Å²) in [6, 6.07) is 6.23. The number of nitrogens with zero attached hydrogens (tertiary/aromatic N) is 1. The van der Waals surface area contributed by atoms with Gasteiger partial charge in [0.15, 0.2) is 0 Å². The number of anilines is 1. The molecule has 0 aliphatic heterocycles. The maximum absolute atomic E-state index is 10.8. The van der Waals surface area contributed by atoms with Crippen LogP contribution in [0.5, 0.6) is 0 Å². The summed E-state index contributed by atoms with van der Waals surface area (Å²) in [4.78, 5) is 13.1. The largest absolute Gasteiger partial charge is 0.478 e. The lowest BCUT2D eigenvalue weighted by atomic mass is 10.0. The Labute approximate surface area is 128 Å². The maximum Gasteiger partial charge on any atom is 0.328 e. The van der Waals surface area contributed by atoms with Crippen molar-refractivity contribution in [2.75, 3.05) is 18.0 Å². The summed E-state index contributed by atoms with van der Waals surface area (Å²) in [5.41, 5.74) is 3.24. The molecule has 1 N–H and O–H groups in total. The van der Waals surface area contributed by atoms with Crippen LogP contribution in [0.15, 0.2) is 24.3 Å². The summed E-state index contributed by atoms with van der Waals surface area (Å²) in [5.74, 6) is -0.243. The third kappa shape index (κ3) is 5.25. The number of carbonyl (C=O) groups is 1. The van der Waals surface area contributed by atoms with Crippen LogP contribution in [0, 0.1) is 12.8 Å². The lowest BCUT2D eigenvalue weighted by molar-refractivity contribution is -0.131. The van der Waals surface area contributed by atoms with E-state index in [-0.39, 0.29) is 0 Å². The first-order chi connectivity index (χ1) is 10.0. The van der Waals surface area contributed by atoms with E-state index in [1.54, 1.807) is 6.08 Å². The van der Waals surface area contributed by atoms with Gasteiger partial charge in [0.05, 0.1) is 0 Å². The molecular weight excluding hydrogens is 262 g/mol. The van der Waals surface area contributed by atoms with Crippen LogP contribution in [0.1, 0.15) is 44.7 Å². The van der Waals surface area contributed by atoms with Crippen LogP contribution in [-0.4, -0.2) is 24.2 Å². The summed E-state index contributed by atoms with van der Waals surface area (Å²) in [6.07, 6.45) is 5.24. The Balaban J connectivity index is 3.10. The summed E-state index contributed by atoms with van der Waals surface area (Å²) < 4.78 is 0. The number of aryl methyl sites for hydroxylation is 1. The molecule has 116 valence electrons. The monoisotopic (exact) mass is 289 g/mol. The number of benzene rings is 1. The third-order valence-electron chi connectivity index (χ3n) is 3.94. The molecule has 0 radical (unpaired) electrons. The maximum atomic E-state index is 10.8. The van der Waals surface area contributed by atoms with Gasteiger partial charge in [0, 0.05) is 24.9 Å². The smallest absolute Gasteiger partial charge is 0.328 e. The molecule has 3 nitrogen and oxygen atoms in total. The molecule has 1 rings (SSSR count). The SMILES string of the molecule is CCC(CC)CN(CC)c1ccc(C)cc1/C=C/C(=O)O. The van der Waals surface area contributed by atoms with Crippen LogP contribution in [0.2, 0.25) is 0 Å². The van der Waals surface area contributed by atoms with Gasteiger partial charge in [-0.05, 0) is 43.5 Å². The zero-order valence-electron chi connectivity index (χ0n) is 13.6. The molecule has 0 spiro atoms. The third-order valence-corrected chi connectivity index (χ3v) is 3.94. The fraction of sp³-hybridized carbons (Fsp3) is 0.500. The molecular formula is C18H27NO2. The molecule has 0 atom stereocenters. The van der Waals surface area contributed by atoms with Crippen molar-refractivity contribution in [2.24, 2.45) is 5.92 Å². The van der Waals surface area contributed by atoms with Crippen LogP contribution < -0.4 is 4.90 Å². The van der Waals surface area contributed by atoms with Gasteiger partial charge in [-0.3, -0.25) is 0 Å². The molecule has 0 saturated heterocycles. The van der Waals surface area contributed by atoms with E-state index in [4.69, 9.17) is 5.11 Å². The second-order valence-electron chi connectivity index (χ2n) is 5.45. The first-order valence-electron chi connectivity index (χ1n) is 7.78. The fourth-order valence-electron chi connectivity index (χ4n) is 2.51. The van der Waals surface area contributed by atoms with Gasteiger partial charge in [0.2, 0.25) is 0 Å². The van der Waals surface area contributed by atoms with Crippen LogP contribution in [0.25, 0.3) is 6.08 Å². The number of rotatable bonds is 8. The first-order valence-corrected chi connectivity index (χ1v) is 7.78. The molecule has 1 aromatic rings. The lowest BCUT2D eigenvalue weighted by Crippen LogP contribution is -2.29. The summed E-state index contributed by atoms with van der Waals surface area (Å²) in [7, 11) is 0. The molecule has 21 heavy (non-hydrogen) atoms. The van der Waals surface area contributed by atoms with Crippen molar-refractivity contribution in [3.8, 4) is 0 Å². The molecule has 0 saturated carbocycles. The Morgan fingerprint density at radius 2 is 1.95 bits per heavy atom. The zero-order valence-corrected chi connectivity index (χ0v) is 13.6. The molecule has 0 aliphatic carbocycles. The quantitative estimate of drug-likeness (QED) is 0.723. The van der Waals surface area contributed by atoms with E-state index in [0.717, 1.165) is 29.9 Å². The fourth-order valence-corrected chi connectivity index (χ4v) is 2.51. The molecule has 0 aromatic heterocycles. The number of hydrogen-bond donors (Lipinski definition) is 1. The van der Waals surface area contributed by atoms with E-state index in [2.05, 4.69) is 37.8 Å². The van der Waals surface area contributed by atoms with E-state index >= 15 is 0 Å². The van der Waals surface area contributed by atoms with Gasteiger partial charge in [0.1, 0.15) is 0 Å². The summed E-state index contributed by atoms with van der Waals surface area (Å²) in [6.45, 7) is 10.6. The van der Waals surface area contributed by atoms with Crippen molar-refractivity contribution < 1.29 is 9.90 Å². The van der Waals surface area contributed by atoms with Gasteiger partial charge < -0.3 is 10.0 Å². The standard InChI is InChI=1S/C18H27NO2/c1-5-15(6-2)13-19(7-3)17-10-8-14(4)12-16(17)9-11-18(20)21/h8-12,15H,5-7,13H2,1-4H3,(H,20,21)/b11-9+. The van der Waals surface area contributed by atoms with Crippen molar-refractivity contribution >= 4 is 17.7 Å². The molecule has 0 bridgehead atoms. The molecule has 3 heteroatoms. The predicted octanol–water partition coefficient (Wildman–Crippen LogP) is 4.36. The average Bonchev–Trinajstić information content (AvgIpc) is 2.47. The highest BCUT2D eigenvalue weighted by Crippen LogP contribution is 2.25. The highest BCUT2D eigenvalue weighted by Gasteiger charge is 2.13. The van der Waals surface area contributed by atoms with Crippen molar-refractivity contribution in [3.05, 3.63) is 35.4 Å². The van der Waals surface area contributed by atoms with Crippen molar-refractivity contribution in [1.29, 1.82) is 0 Å². The summed E-state index contributed by atoms with van der Waals surface area (Å²) >= 11 is 0. The molecule has 0 heterocycles. The molecule has 0 aliphatic rings. The van der Waals surface area contributed by atoms with Crippen LogP contribution in [-0.2, 0) is 4.79 Å². The van der Waals surface area contributed by atoms with E-state index < -0.39 is 5.97 Å². The minimum Gasteiger partial charge on any atom is -0.478 e. The molecule has 0 unspecified atom stereocenters. The van der Waals surface area contributed by atoms with Gasteiger partial charge in [-0.25, -0.2) is 4.79 Å². The highest BCUT2D eigenvalue weighted by atomic mass is 16.4. The Kier molecular flexibility index (Phi) is 7.00. The normalized spacial score (nSPS) is 11.3. The number of hydrogen-bond acceptors (Lipinski definition) is 2. The van der Waals surface area contributed by atoms with E-state index in [1.807, 2.05) is 13.0 Å². The van der Waals surface area contributed by atoms with E-state index in [0.29, 0.717) is 5.92 Å². The van der Waals surface area contributed by atoms with Crippen LogP contribution >= 0.6 is 0 Å². The van der Waals surface area contributed by atoms with Crippen LogP contribution in [0.4, 0.5) is 5.69 Å². The van der Waals surface area contributed by atoms with Gasteiger partial charge in [-0.1, -0.05) is 38.3 Å². The topological polar surface area (TPSA) is 40.5 Å². The minimum atomic E-state index is -0.912. The van der Waals surface area contributed by atoms with Gasteiger partial charge in [-0.15, -0.1) is 0 Å². The van der Waals surface area contributed by atoms with Crippen molar-refractivity contribution in [3.63, 3.8) is 0 Å². The Morgan fingerprint density at radius 1 is 1.29 bits per heavy atom. The van der Waals surface area contributed by atoms with Gasteiger partial charge in [0.25, 0.3) is 0 Å². The number of aliphatic carboxylic acids is 1. The van der Waals surface area contributed by atoms with E-state index in [1.165, 1.54) is 18.9 Å². The second-order valence-corrected chi connectivity index (χ2v) is 5.45. The number of carboxylic acids is 1. The van der Waals surface area contributed by atoms with Crippen molar-refractivity contribution in [1.82, 2.24) is 0 Å². The highest BCUT2D eigenvalue weighted by molar-refractivity contribution is 5.87. The van der Waals surface area contributed by atoms with Gasteiger partial charge >= 0.3 is 5.97 Å². The average molecular weight is 289 g/mol.